The van der Waals surface area contributed by atoms with Crippen LogP contribution < -0.4 is 4.72 Å². The fourth-order valence-electron chi connectivity index (χ4n) is 0.329. The molecule has 0 unspecified atom stereocenters. The van der Waals surface area contributed by atoms with E-state index in [9.17, 15) is 8.42 Å². The standard InChI is InChI=1S/C3H8BNO2S/c1-3(2)5-8(4,6)7/h3,5H,1-2H3. The van der Waals surface area contributed by atoms with Crippen molar-refractivity contribution in [2.45, 2.75) is 19.9 Å². The lowest BCUT2D eigenvalue weighted by molar-refractivity contribution is 0.584. The summed E-state index contributed by atoms with van der Waals surface area (Å²) in [4.78, 5) is 0. The van der Waals surface area contributed by atoms with Crippen molar-refractivity contribution in [2.75, 3.05) is 0 Å². The van der Waals surface area contributed by atoms with Crippen LogP contribution in [0, 0.1) is 0 Å². The molecule has 0 saturated heterocycles. The molecule has 0 heterocycles. The summed E-state index contributed by atoms with van der Waals surface area (Å²) in [6, 6.07) is -0.120. The van der Waals surface area contributed by atoms with Crippen molar-refractivity contribution in [3.63, 3.8) is 0 Å². The van der Waals surface area contributed by atoms with Crippen molar-refractivity contribution in [1.82, 2.24) is 4.72 Å². The average molecular weight is 133 g/mol. The normalized spacial score (nSPS) is 12.4. The summed E-state index contributed by atoms with van der Waals surface area (Å²) in [6.07, 6.45) is 0. The molecule has 3 nitrogen and oxygen atoms in total. The number of rotatable bonds is 2. The van der Waals surface area contributed by atoms with E-state index in [1.165, 1.54) is 0 Å². The molecule has 2 radical (unpaired) electrons. The van der Waals surface area contributed by atoms with Gasteiger partial charge in [0.15, 0.2) is 0 Å². The molecular formula is C3H8BNO2S. The van der Waals surface area contributed by atoms with Gasteiger partial charge in [-0.15, -0.1) is 0 Å². The third-order valence-corrected chi connectivity index (χ3v) is 1.20. The Hall–Kier alpha value is -0.0251. The second-order valence-electron chi connectivity index (χ2n) is 1.82. The van der Waals surface area contributed by atoms with E-state index >= 15 is 0 Å². The summed E-state index contributed by atoms with van der Waals surface area (Å²) >= 11 is 0. The second-order valence-corrected chi connectivity index (χ2v) is 3.14. The molecule has 0 aromatic rings. The van der Waals surface area contributed by atoms with Crippen LogP contribution in [0.5, 0.6) is 0 Å². The maximum atomic E-state index is 10.1. The minimum absolute atomic E-state index is 0.120. The summed E-state index contributed by atoms with van der Waals surface area (Å²) < 4.78 is 22.3. The lowest BCUT2D eigenvalue weighted by Gasteiger charge is -2.03. The Morgan fingerprint density at radius 1 is 1.50 bits per heavy atom. The molecule has 8 heavy (non-hydrogen) atoms. The molecule has 0 aliphatic heterocycles. The van der Waals surface area contributed by atoms with E-state index in [1.54, 1.807) is 13.8 Å². The zero-order valence-electron chi connectivity index (χ0n) is 4.88. The van der Waals surface area contributed by atoms with E-state index in [0.717, 1.165) is 0 Å². The molecule has 0 aromatic heterocycles. The highest BCUT2D eigenvalue weighted by Crippen LogP contribution is 1.78. The van der Waals surface area contributed by atoms with Crippen LogP contribution in [0.25, 0.3) is 0 Å². The lowest BCUT2D eigenvalue weighted by atomic mass is 10.4. The van der Waals surface area contributed by atoms with Crippen molar-refractivity contribution >= 4 is 17.0 Å². The van der Waals surface area contributed by atoms with Crippen molar-refractivity contribution < 1.29 is 8.42 Å². The maximum Gasteiger partial charge on any atom is 0.277 e. The SMILES string of the molecule is [B]S(=O)(=O)NC(C)C. The quantitative estimate of drug-likeness (QED) is 0.511. The van der Waals surface area contributed by atoms with E-state index in [0.29, 0.717) is 0 Å². The Kier molecular flexibility index (Phi) is 2.49. The number of hydrogen-bond acceptors (Lipinski definition) is 2. The Morgan fingerprint density at radius 3 is 1.88 bits per heavy atom. The van der Waals surface area contributed by atoms with Gasteiger partial charge in [0.2, 0.25) is 0 Å². The second kappa shape index (κ2) is 2.50. The fraction of sp³-hybridized carbons (Fsp3) is 1.00. The molecular weight excluding hydrogens is 125 g/mol. The maximum absolute atomic E-state index is 10.1. The van der Waals surface area contributed by atoms with E-state index in [-0.39, 0.29) is 6.04 Å². The smallest absolute Gasteiger partial charge is 0.227 e. The Balaban J connectivity index is 3.75. The topological polar surface area (TPSA) is 46.2 Å². The molecule has 0 amide bonds. The minimum atomic E-state index is -3.47. The van der Waals surface area contributed by atoms with E-state index in [4.69, 9.17) is 0 Å². The van der Waals surface area contributed by atoms with E-state index in [1.807, 2.05) is 0 Å². The van der Waals surface area contributed by atoms with Crippen LogP contribution in [-0.4, -0.2) is 21.6 Å². The molecule has 0 saturated carbocycles. The van der Waals surface area contributed by atoms with Crippen LogP contribution in [0.15, 0.2) is 0 Å². The molecule has 0 fully saturated rings. The van der Waals surface area contributed by atoms with Gasteiger partial charge < -0.3 is 0 Å². The molecule has 5 heteroatoms. The first-order valence-corrected chi connectivity index (χ1v) is 3.76. The van der Waals surface area contributed by atoms with Gasteiger partial charge in [0.1, 0.15) is 9.87 Å². The van der Waals surface area contributed by atoms with Crippen molar-refractivity contribution in [1.29, 1.82) is 0 Å². The summed E-state index contributed by atoms with van der Waals surface area (Å²) in [5.74, 6) is 0. The third-order valence-electron chi connectivity index (χ3n) is 0.400. The molecule has 1 N–H and O–H groups in total. The summed E-state index contributed by atoms with van der Waals surface area (Å²) in [5.41, 5.74) is 0. The van der Waals surface area contributed by atoms with Gasteiger partial charge in [-0.25, -0.2) is 13.1 Å². The molecule has 0 aliphatic carbocycles. The molecule has 0 aliphatic rings. The average Bonchev–Trinajstić information content (AvgIpc) is 1.21. The first kappa shape index (κ1) is 7.97. The molecule has 0 aromatic carbocycles. The highest BCUT2D eigenvalue weighted by Gasteiger charge is 2.00. The van der Waals surface area contributed by atoms with Crippen LogP contribution in [0.2, 0.25) is 0 Å². The van der Waals surface area contributed by atoms with Gasteiger partial charge in [0, 0.05) is 6.04 Å². The number of hydrogen-bond donors (Lipinski definition) is 1. The Bertz CT molecular complexity index is 151. The van der Waals surface area contributed by atoms with Crippen LogP contribution in [-0.2, 0) is 9.87 Å². The Morgan fingerprint density at radius 2 is 1.88 bits per heavy atom. The highest BCUT2D eigenvalue weighted by atomic mass is 32.2. The van der Waals surface area contributed by atoms with Gasteiger partial charge in [-0.1, -0.05) is 0 Å². The van der Waals surface area contributed by atoms with E-state index in [2.05, 4.69) is 11.8 Å². The van der Waals surface area contributed by atoms with Gasteiger partial charge in [-0.05, 0) is 13.8 Å². The molecule has 0 rings (SSSR count). The predicted molar refractivity (Wildman–Crippen MR) is 32.9 cm³/mol. The fourth-order valence-corrected chi connectivity index (χ4v) is 0.986. The zero-order chi connectivity index (χ0) is 6.78. The van der Waals surface area contributed by atoms with Crippen LogP contribution >= 0.6 is 0 Å². The van der Waals surface area contributed by atoms with Crippen LogP contribution in [0.4, 0.5) is 0 Å². The van der Waals surface area contributed by atoms with Gasteiger partial charge in [0.05, 0.1) is 0 Å². The lowest BCUT2D eigenvalue weighted by Crippen LogP contribution is -2.29. The van der Waals surface area contributed by atoms with Gasteiger partial charge in [0.25, 0.3) is 7.12 Å². The first-order chi connectivity index (χ1) is 3.42. The summed E-state index contributed by atoms with van der Waals surface area (Å²) in [7, 11) is 1.12. The summed E-state index contributed by atoms with van der Waals surface area (Å²) in [6.45, 7) is 3.40. The van der Waals surface area contributed by atoms with Crippen molar-refractivity contribution in [3.8, 4) is 0 Å². The van der Waals surface area contributed by atoms with Crippen LogP contribution in [0.3, 0.4) is 0 Å². The molecule has 46 valence electrons. The number of nitrogens with one attached hydrogen (secondary N) is 1. The predicted octanol–water partition coefficient (Wildman–Crippen LogP) is -0.602. The minimum Gasteiger partial charge on any atom is -0.227 e. The summed E-state index contributed by atoms with van der Waals surface area (Å²) in [5, 5.41) is 0. The molecule has 0 spiro atoms. The van der Waals surface area contributed by atoms with Gasteiger partial charge in [-0.3, -0.25) is 0 Å². The molecule has 0 bridgehead atoms. The van der Waals surface area contributed by atoms with E-state index < -0.39 is 9.87 Å². The monoisotopic (exact) mass is 133 g/mol. The Labute approximate surface area is 50.8 Å². The van der Waals surface area contributed by atoms with Gasteiger partial charge in [-0.2, -0.15) is 0 Å². The zero-order valence-corrected chi connectivity index (χ0v) is 5.70. The molecule has 0 atom stereocenters. The first-order valence-electron chi connectivity index (χ1n) is 2.22. The largest absolute Gasteiger partial charge is 0.277 e. The van der Waals surface area contributed by atoms with Crippen LogP contribution in [0.1, 0.15) is 13.8 Å². The van der Waals surface area contributed by atoms with Crippen molar-refractivity contribution in [3.05, 3.63) is 0 Å². The third kappa shape index (κ3) is 5.97. The highest BCUT2D eigenvalue weighted by molar-refractivity contribution is 8.10. The van der Waals surface area contributed by atoms with Crippen molar-refractivity contribution in [2.24, 2.45) is 0 Å². The van der Waals surface area contributed by atoms with Gasteiger partial charge >= 0.3 is 0 Å².